The van der Waals surface area contributed by atoms with Crippen molar-refractivity contribution in [1.29, 1.82) is 0 Å². The van der Waals surface area contributed by atoms with Crippen molar-refractivity contribution in [2.24, 2.45) is 0 Å². The van der Waals surface area contributed by atoms with Gasteiger partial charge in [0, 0.05) is 18.0 Å². The van der Waals surface area contributed by atoms with Crippen molar-refractivity contribution in [3.8, 4) is 22.4 Å². The second kappa shape index (κ2) is 8.07. The molecule has 0 aliphatic carbocycles. The Morgan fingerprint density at radius 2 is 1.66 bits per heavy atom. The number of aryl methyl sites for hydroxylation is 2. The zero-order valence-corrected chi connectivity index (χ0v) is 17.8. The number of aromatic nitrogens is 4. The molecule has 2 aromatic carbocycles. The number of rotatable bonds is 4. The molecular weight excluding hydrogens is 398 g/mol. The van der Waals surface area contributed by atoms with E-state index < -0.39 is 0 Å². The lowest BCUT2D eigenvalue weighted by atomic mass is 10.0. The van der Waals surface area contributed by atoms with Gasteiger partial charge in [0.1, 0.15) is 11.4 Å². The summed E-state index contributed by atoms with van der Waals surface area (Å²) in [6.07, 6.45) is 3.42. The quantitative estimate of drug-likeness (QED) is 0.427. The van der Waals surface area contributed by atoms with Crippen LogP contribution in [0.2, 0.25) is 0 Å². The van der Waals surface area contributed by atoms with Crippen molar-refractivity contribution in [1.82, 2.24) is 19.6 Å². The molecule has 0 aliphatic heterocycles. The molecule has 0 saturated carbocycles. The first-order valence-corrected chi connectivity index (χ1v) is 10.3. The fourth-order valence-electron chi connectivity index (χ4n) is 3.71. The van der Waals surface area contributed by atoms with Gasteiger partial charge in [-0.2, -0.15) is 5.10 Å². The van der Waals surface area contributed by atoms with Crippen LogP contribution in [-0.4, -0.2) is 25.5 Å². The molecule has 5 aromatic rings. The molecule has 0 saturated heterocycles. The zero-order chi connectivity index (χ0) is 22.1. The molecule has 1 amide bonds. The Bertz CT molecular complexity index is 1420. The number of fused-ring (bicyclic) bond motifs is 1. The van der Waals surface area contributed by atoms with Crippen LogP contribution in [0.3, 0.4) is 0 Å². The second-order valence-electron chi connectivity index (χ2n) is 7.66. The summed E-state index contributed by atoms with van der Waals surface area (Å²) in [4.78, 5) is 22.3. The van der Waals surface area contributed by atoms with Crippen LogP contribution in [0.15, 0.2) is 85.2 Å². The van der Waals surface area contributed by atoms with E-state index in [1.807, 2.05) is 42.5 Å². The van der Waals surface area contributed by atoms with Crippen LogP contribution >= 0.6 is 0 Å². The van der Waals surface area contributed by atoms with Gasteiger partial charge in [0.2, 0.25) is 0 Å². The van der Waals surface area contributed by atoms with E-state index in [4.69, 9.17) is 4.98 Å². The fraction of sp³-hybridized carbons (Fsp3) is 0.0769. The number of benzene rings is 2. The molecule has 0 aliphatic rings. The maximum Gasteiger partial charge on any atom is 0.262 e. The van der Waals surface area contributed by atoms with Crippen molar-refractivity contribution in [3.63, 3.8) is 0 Å². The summed E-state index contributed by atoms with van der Waals surface area (Å²) in [5, 5.41) is 7.35. The molecule has 32 heavy (non-hydrogen) atoms. The Labute approximate surface area is 185 Å². The summed E-state index contributed by atoms with van der Waals surface area (Å²) in [6, 6.07) is 23.9. The smallest absolute Gasteiger partial charge is 0.262 e. The Hall–Kier alpha value is -4.32. The Morgan fingerprint density at radius 1 is 0.875 bits per heavy atom. The van der Waals surface area contributed by atoms with E-state index in [-0.39, 0.29) is 5.91 Å². The summed E-state index contributed by atoms with van der Waals surface area (Å²) < 4.78 is 1.61. The summed E-state index contributed by atoms with van der Waals surface area (Å²) in [7, 11) is 0. The molecule has 0 spiro atoms. The van der Waals surface area contributed by atoms with E-state index in [2.05, 4.69) is 46.6 Å². The second-order valence-corrected chi connectivity index (χ2v) is 7.66. The van der Waals surface area contributed by atoms with Crippen LogP contribution < -0.4 is 5.32 Å². The number of pyridine rings is 1. The number of nitrogens with one attached hydrogen (secondary N) is 1. The van der Waals surface area contributed by atoms with Crippen LogP contribution in [-0.2, 0) is 0 Å². The number of hydrogen-bond acceptors (Lipinski definition) is 4. The predicted molar refractivity (Wildman–Crippen MR) is 126 cm³/mol. The van der Waals surface area contributed by atoms with E-state index in [0.29, 0.717) is 22.7 Å². The van der Waals surface area contributed by atoms with Crippen LogP contribution in [0.4, 0.5) is 5.82 Å². The number of amides is 1. The summed E-state index contributed by atoms with van der Waals surface area (Å²) in [5.41, 5.74) is 6.55. The van der Waals surface area contributed by atoms with E-state index in [1.54, 1.807) is 29.9 Å². The maximum absolute atomic E-state index is 13.2. The average Bonchev–Trinajstić information content (AvgIpc) is 3.15. The molecule has 6 heteroatoms. The molecule has 0 fully saturated rings. The van der Waals surface area contributed by atoms with Gasteiger partial charge in [-0.25, -0.2) is 14.5 Å². The van der Waals surface area contributed by atoms with E-state index in [0.717, 1.165) is 22.4 Å². The average molecular weight is 419 g/mol. The molecule has 0 bridgehead atoms. The molecule has 0 atom stereocenters. The third kappa shape index (κ3) is 3.74. The number of carbonyl (C=O) groups excluding carboxylic acids is 1. The number of carbonyl (C=O) groups is 1. The Balaban J connectivity index is 1.58. The van der Waals surface area contributed by atoms with Gasteiger partial charge in [-0.3, -0.25) is 4.79 Å². The van der Waals surface area contributed by atoms with E-state index in [9.17, 15) is 4.79 Å². The molecule has 3 heterocycles. The molecular formula is C26H21N5O. The van der Waals surface area contributed by atoms with Crippen molar-refractivity contribution >= 4 is 17.4 Å². The Morgan fingerprint density at radius 3 is 2.44 bits per heavy atom. The number of anilines is 1. The van der Waals surface area contributed by atoms with Gasteiger partial charge in [-0.05, 0) is 43.2 Å². The highest BCUT2D eigenvalue weighted by atomic mass is 16.1. The summed E-state index contributed by atoms with van der Waals surface area (Å²) in [6.45, 7) is 3.86. The third-order valence-electron chi connectivity index (χ3n) is 5.32. The van der Waals surface area contributed by atoms with Gasteiger partial charge in [0.25, 0.3) is 5.91 Å². The predicted octanol–water partition coefficient (Wildman–Crippen LogP) is 5.33. The SMILES string of the molecule is Cc1ccc(-c2cc(NC(=O)c3c(C)nn4cccnc34)nc(-c3ccccc3)c2)cc1. The lowest BCUT2D eigenvalue weighted by Crippen LogP contribution is -2.14. The monoisotopic (exact) mass is 419 g/mol. The summed E-state index contributed by atoms with van der Waals surface area (Å²) >= 11 is 0. The number of hydrogen-bond donors (Lipinski definition) is 1. The van der Waals surface area contributed by atoms with Gasteiger partial charge in [0.15, 0.2) is 5.65 Å². The molecule has 3 aromatic heterocycles. The lowest BCUT2D eigenvalue weighted by Gasteiger charge is -2.11. The van der Waals surface area contributed by atoms with Crippen LogP contribution in [0.1, 0.15) is 21.6 Å². The molecule has 1 N–H and O–H groups in total. The highest BCUT2D eigenvalue weighted by Crippen LogP contribution is 2.28. The van der Waals surface area contributed by atoms with Crippen LogP contribution in [0, 0.1) is 13.8 Å². The largest absolute Gasteiger partial charge is 0.306 e. The molecule has 0 unspecified atom stereocenters. The highest BCUT2D eigenvalue weighted by Gasteiger charge is 2.19. The first kappa shape index (κ1) is 19.6. The molecule has 5 rings (SSSR count). The summed E-state index contributed by atoms with van der Waals surface area (Å²) in [5.74, 6) is 0.186. The van der Waals surface area contributed by atoms with Crippen molar-refractivity contribution in [2.75, 3.05) is 5.32 Å². The third-order valence-corrected chi connectivity index (χ3v) is 5.32. The lowest BCUT2D eigenvalue weighted by molar-refractivity contribution is 0.102. The molecule has 156 valence electrons. The first-order chi connectivity index (χ1) is 15.6. The maximum atomic E-state index is 13.2. The minimum Gasteiger partial charge on any atom is -0.306 e. The van der Waals surface area contributed by atoms with Gasteiger partial charge in [-0.15, -0.1) is 0 Å². The van der Waals surface area contributed by atoms with Gasteiger partial charge >= 0.3 is 0 Å². The van der Waals surface area contributed by atoms with Crippen molar-refractivity contribution in [3.05, 3.63) is 102 Å². The van der Waals surface area contributed by atoms with Crippen LogP contribution in [0.25, 0.3) is 28.0 Å². The van der Waals surface area contributed by atoms with Gasteiger partial charge in [-0.1, -0.05) is 60.2 Å². The van der Waals surface area contributed by atoms with Crippen molar-refractivity contribution < 1.29 is 4.79 Å². The topological polar surface area (TPSA) is 72.2 Å². The first-order valence-electron chi connectivity index (χ1n) is 10.3. The standard InChI is InChI=1S/C26H21N5O/c1-17-9-11-19(12-10-17)21-15-22(20-7-4-3-5-8-20)28-23(16-21)29-26(32)24-18(2)30-31-14-6-13-27-25(24)31/h3-16H,1-2H3,(H,28,29,32). The molecule has 0 radical (unpaired) electrons. The van der Waals surface area contributed by atoms with Crippen LogP contribution in [0.5, 0.6) is 0 Å². The zero-order valence-electron chi connectivity index (χ0n) is 17.8. The normalized spacial score (nSPS) is 10.9. The molecule has 6 nitrogen and oxygen atoms in total. The van der Waals surface area contributed by atoms with E-state index in [1.165, 1.54) is 5.56 Å². The van der Waals surface area contributed by atoms with Gasteiger partial charge < -0.3 is 5.32 Å². The fourth-order valence-corrected chi connectivity index (χ4v) is 3.71. The number of nitrogens with zero attached hydrogens (tertiary/aromatic N) is 4. The van der Waals surface area contributed by atoms with E-state index >= 15 is 0 Å². The Kier molecular flexibility index (Phi) is 4.95. The minimum absolute atomic E-state index is 0.288. The minimum atomic E-state index is -0.288. The van der Waals surface area contributed by atoms with Crippen molar-refractivity contribution in [2.45, 2.75) is 13.8 Å². The highest BCUT2D eigenvalue weighted by molar-refractivity contribution is 6.09. The van der Waals surface area contributed by atoms with Gasteiger partial charge in [0.05, 0.1) is 11.4 Å².